The molecule has 1 aromatic carbocycles. The monoisotopic (exact) mass is 364 g/mol. The standard InChI is InChI=1S/C18H24N2O4S/c1-25(22,23)20-9-8-13-12-14(6-7-15(13)20)18(21)19-10-11-24-17-5-3-2-4-16(17)19/h6-7,12,16-17H,2-5,8-11H2,1H3. The SMILES string of the molecule is CS(=O)(=O)N1CCc2cc(C(=O)N3CCOC4CCCCC43)ccc21. The van der Waals surface area contributed by atoms with E-state index in [4.69, 9.17) is 4.74 Å². The number of sulfonamides is 1. The largest absolute Gasteiger partial charge is 0.374 e. The van der Waals surface area contributed by atoms with Crippen LogP contribution in [0.5, 0.6) is 0 Å². The van der Waals surface area contributed by atoms with Crippen molar-refractivity contribution in [3.05, 3.63) is 29.3 Å². The molecule has 6 nitrogen and oxygen atoms in total. The maximum absolute atomic E-state index is 13.1. The maximum atomic E-state index is 13.1. The van der Waals surface area contributed by atoms with Gasteiger partial charge in [0.15, 0.2) is 0 Å². The lowest BCUT2D eigenvalue weighted by Crippen LogP contribution is -2.54. The Hall–Kier alpha value is -1.60. The molecule has 1 aliphatic carbocycles. The van der Waals surface area contributed by atoms with E-state index in [1.807, 2.05) is 11.0 Å². The molecule has 1 aromatic rings. The molecule has 1 amide bonds. The Morgan fingerprint density at radius 2 is 2.00 bits per heavy atom. The van der Waals surface area contributed by atoms with Crippen LogP contribution in [0.4, 0.5) is 5.69 Å². The predicted molar refractivity (Wildman–Crippen MR) is 95.4 cm³/mol. The highest BCUT2D eigenvalue weighted by atomic mass is 32.2. The number of amides is 1. The van der Waals surface area contributed by atoms with Gasteiger partial charge in [-0.1, -0.05) is 12.8 Å². The number of ether oxygens (including phenoxy) is 1. The van der Waals surface area contributed by atoms with E-state index >= 15 is 0 Å². The third-order valence-electron chi connectivity index (χ3n) is 5.57. The summed E-state index contributed by atoms with van der Waals surface area (Å²) >= 11 is 0. The van der Waals surface area contributed by atoms with Gasteiger partial charge in [0.05, 0.1) is 30.7 Å². The van der Waals surface area contributed by atoms with Crippen molar-refractivity contribution in [1.29, 1.82) is 0 Å². The second kappa shape index (κ2) is 6.29. The molecule has 2 atom stereocenters. The first kappa shape index (κ1) is 16.8. The molecule has 25 heavy (non-hydrogen) atoms. The summed E-state index contributed by atoms with van der Waals surface area (Å²) in [6.07, 6.45) is 6.38. The number of rotatable bonds is 2. The average Bonchev–Trinajstić information content (AvgIpc) is 3.04. The average molecular weight is 364 g/mol. The third kappa shape index (κ3) is 3.04. The Morgan fingerprint density at radius 1 is 1.20 bits per heavy atom. The van der Waals surface area contributed by atoms with Gasteiger partial charge in [0.25, 0.3) is 5.91 Å². The van der Waals surface area contributed by atoms with Gasteiger partial charge in [-0.25, -0.2) is 8.42 Å². The summed E-state index contributed by atoms with van der Waals surface area (Å²) in [6, 6.07) is 5.58. The molecule has 2 aliphatic heterocycles. The van der Waals surface area contributed by atoms with Crippen molar-refractivity contribution in [3.63, 3.8) is 0 Å². The van der Waals surface area contributed by atoms with Gasteiger partial charge in [-0.15, -0.1) is 0 Å². The van der Waals surface area contributed by atoms with Crippen molar-refractivity contribution in [2.75, 3.05) is 30.3 Å². The first-order valence-electron chi connectivity index (χ1n) is 8.98. The molecule has 0 radical (unpaired) electrons. The molecular formula is C18H24N2O4S. The van der Waals surface area contributed by atoms with Gasteiger partial charge >= 0.3 is 0 Å². The Labute approximate surface area is 148 Å². The molecule has 7 heteroatoms. The van der Waals surface area contributed by atoms with Gasteiger partial charge in [0, 0.05) is 18.7 Å². The van der Waals surface area contributed by atoms with E-state index in [1.165, 1.54) is 17.0 Å². The van der Waals surface area contributed by atoms with E-state index in [0.29, 0.717) is 37.4 Å². The van der Waals surface area contributed by atoms with Crippen molar-refractivity contribution in [2.45, 2.75) is 44.2 Å². The van der Waals surface area contributed by atoms with Crippen LogP contribution in [0, 0.1) is 0 Å². The van der Waals surface area contributed by atoms with Crippen molar-refractivity contribution in [2.24, 2.45) is 0 Å². The van der Waals surface area contributed by atoms with Crippen molar-refractivity contribution in [1.82, 2.24) is 4.90 Å². The van der Waals surface area contributed by atoms with E-state index in [-0.39, 0.29) is 18.1 Å². The first-order valence-corrected chi connectivity index (χ1v) is 10.8. The zero-order chi connectivity index (χ0) is 17.6. The number of anilines is 1. The van der Waals surface area contributed by atoms with Crippen molar-refractivity contribution < 1.29 is 17.9 Å². The van der Waals surface area contributed by atoms with Gasteiger partial charge in [-0.05, 0) is 43.0 Å². The van der Waals surface area contributed by atoms with E-state index in [9.17, 15) is 13.2 Å². The summed E-state index contributed by atoms with van der Waals surface area (Å²) in [5, 5.41) is 0. The van der Waals surface area contributed by atoms with Crippen molar-refractivity contribution >= 4 is 21.6 Å². The third-order valence-corrected chi connectivity index (χ3v) is 6.75. The van der Waals surface area contributed by atoms with Gasteiger partial charge in [-0.2, -0.15) is 0 Å². The van der Waals surface area contributed by atoms with Gasteiger partial charge in [0.1, 0.15) is 0 Å². The molecule has 0 aromatic heterocycles. The molecule has 2 heterocycles. The molecule has 1 saturated carbocycles. The summed E-state index contributed by atoms with van der Waals surface area (Å²) in [6.45, 7) is 1.68. The number of nitrogens with zero attached hydrogens (tertiary/aromatic N) is 2. The van der Waals surface area contributed by atoms with Crippen molar-refractivity contribution in [3.8, 4) is 0 Å². The summed E-state index contributed by atoms with van der Waals surface area (Å²) in [4.78, 5) is 15.0. The van der Waals surface area contributed by atoms with E-state index < -0.39 is 10.0 Å². The Kier molecular flexibility index (Phi) is 4.24. The number of carbonyl (C=O) groups is 1. The van der Waals surface area contributed by atoms with E-state index in [0.717, 1.165) is 24.8 Å². The zero-order valence-corrected chi connectivity index (χ0v) is 15.3. The number of hydrogen-bond donors (Lipinski definition) is 0. The first-order chi connectivity index (χ1) is 11.9. The quantitative estimate of drug-likeness (QED) is 0.802. The van der Waals surface area contributed by atoms with Gasteiger partial charge in [0.2, 0.25) is 10.0 Å². The summed E-state index contributed by atoms with van der Waals surface area (Å²) < 4.78 is 31.0. The van der Waals surface area contributed by atoms with Crippen LogP contribution in [0.2, 0.25) is 0 Å². The van der Waals surface area contributed by atoms with Crippen LogP contribution in [-0.4, -0.2) is 57.3 Å². The second-order valence-corrected chi connectivity index (χ2v) is 9.10. The van der Waals surface area contributed by atoms with Crippen LogP contribution < -0.4 is 4.31 Å². The van der Waals surface area contributed by atoms with E-state index in [2.05, 4.69) is 0 Å². The predicted octanol–water partition coefficient (Wildman–Crippen LogP) is 1.79. The minimum atomic E-state index is -3.26. The molecule has 136 valence electrons. The number of morpholine rings is 1. The van der Waals surface area contributed by atoms with Crippen LogP contribution >= 0.6 is 0 Å². The molecule has 1 saturated heterocycles. The summed E-state index contributed by atoms with van der Waals surface area (Å²) in [5.74, 6) is 0.0424. The molecule has 2 unspecified atom stereocenters. The lowest BCUT2D eigenvalue weighted by molar-refractivity contribution is -0.0752. The van der Waals surface area contributed by atoms with Crippen LogP contribution in [0.15, 0.2) is 18.2 Å². The zero-order valence-electron chi connectivity index (χ0n) is 14.5. The normalized spacial score (nSPS) is 26.3. The second-order valence-electron chi connectivity index (χ2n) is 7.19. The highest BCUT2D eigenvalue weighted by Crippen LogP contribution is 2.33. The minimum Gasteiger partial charge on any atom is -0.374 e. The molecule has 0 N–H and O–H groups in total. The minimum absolute atomic E-state index is 0.0424. The highest BCUT2D eigenvalue weighted by Gasteiger charge is 2.37. The lowest BCUT2D eigenvalue weighted by atomic mass is 9.89. The fraction of sp³-hybridized carbons (Fsp3) is 0.611. The maximum Gasteiger partial charge on any atom is 0.254 e. The Morgan fingerprint density at radius 3 is 2.80 bits per heavy atom. The molecule has 3 aliphatic rings. The number of benzene rings is 1. The number of fused-ring (bicyclic) bond motifs is 2. The van der Waals surface area contributed by atoms with Crippen LogP contribution in [0.25, 0.3) is 0 Å². The molecular weight excluding hydrogens is 340 g/mol. The van der Waals surface area contributed by atoms with Crippen LogP contribution in [0.3, 0.4) is 0 Å². The van der Waals surface area contributed by atoms with E-state index in [1.54, 1.807) is 12.1 Å². The highest BCUT2D eigenvalue weighted by molar-refractivity contribution is 7.92. The molecule has 4 rings (SSSR count). The fourth-order valence-electron chi connectivity index (χ4n) is 4.36. The number of carbonyl (C=O) groups excluding carboxylic acids is 1. The van der Waals surface area contributed by atoms with Crippen LogP contribution in [0.1, 0.15) is 41.6 Å². The summed E-state index contributed by atoms with van der Waals surface area (Å²) in [5.41, 5.74) is 2.29. The molecule has 2 fully saturated rings. The summed E-state index contributed by atoms with van der Waals surface area (Å²) in [7, 11) is -3.26. The Balaban J connectivity index is 1.59. The Bertz CT molecular complexity index is 790. The fourth-order valence-corrected chi connectivity index (χ4v) is 5.32. The number of hydrogen-bond acceptors (Lipinski definition) is 4. The van der Waals surface area contributed by atoms with Gasteiger partial charge in [-0.3, -0.25) is 9.10 Å². The lowest BCUT2D eigenvalue weighted by Gasteiger charge is -2.43. The topological polar surface area (TPSA) is 66.9 Å². The molecule has 0 bridgehead atoms. The molecule has 0 spiro atoms. The van der Waals surface area contributed by atoms with Crippen LogP contribution in [-0.2, 0) is 21.2 Å². The smallest absolute Gasteiger partial charge is 0.254 e. The van der Waals surface area contributed by atoms with Gasteiger partial charge < -0.3 is 9.64 Å².